The van der Waals surface area contributed by atoms with E-state index in [-0.39, 0.29) is 0 Å². The SMILES string of the molecule is CC.CC.CCc1cc(C)c(C)cc1C(C)C. The van der Waals surface area contributed by atoms with Gasteiger partial charge in [0.05, 0.1) is 0 Å². The highest BCUT2D eigenvalue weighted by Gasteiger charge is 2.06. The zero-order valence-corrected chi connectivity index (χ0v) is 13.4. The van der Waals surface area contributed by atoms with Crippen molar-refractivity contribution in [1.29, 1.82) is 0 Å². The topological polar surface area (TPSA) is 0 Å². The lowest BCUT2D eigenvalue weighted by atomic mass is 9.92. The summed E-state index contributed by atoms with van der Waals surface area (Å²) in [6.45, 7) is 19.2. The monoisotopic (exact) mass is 236 g/mol. The number of aryl methyl sites for hydroxylation is 3. The molecule has 17 heavy (non-hydrogen) atoms. The fraction of sp³-hybridized carbons (Fsp3) is 0.647. The van der Waals surface area contributed by atoms with Crippen LogP contribution in [0.1, 0.15) is 76.6 Å². The average Bonchev–Trinajstić information content (AvgIpc) is 2.36. The van der Waals surface area contributed by atoms with E-state index < -0.39 is 0 Å². The predicted octanol–water partition coefficient (Wildman–Crippen LogP) is 6.04. The second-order valence-corrected chi connectivity index (χ2v) is 4.14. The minimum absolute atomic E-state index is 0.647. The van der Waals surface area contributed by atoms with Gasteiger partial charge in [0.15, 0.2) is 0 Å². The van der Waals surface area contributed by atoms with E-state index in [2.05, 4.69) is 46.8 Å². The minimum atomic E-state index is 0.647. The summed E-state index contributed by atoms with van der Waals surface area (Å²) < 4.78 is 0. The first kappa shape index (κ1) is 18.6. The lowest BCUT2D eigenvalue weighted by Gasteiger charge is -2.14. The summed E-state index contributed by atoms with van der Waals surface area (Å²) >= 11 is 0. The zero-order valence-electron chi connectivity index (χ0n) is 13.4. The normalized spacial score (nSPS) is 9.06. The third kappa shape index (κ3) is 5.91. The third-order valence-corrected chi connectivity index (χ3v) is 2.76. The average molecular weight is 236 g/mol. The molecule has 0 fully saturated rings. The highest BCUT2D eigenvalue weighted by molar-refractivity contribution is 5.38. The van der Waals surface area contributed by atoms with E-state index in [4.69, 9.17) is 0 Å². The Balaban J connectivity index is 0. The summed E-state index contributed by atoms with van der Waals surface area (Å²) in [5, 5.41) is 0. The maximum absolute atomic E-state index is 2.35. The summed E-state index contributed by atoms with van der Waals surface area (Å²) in [7, 11) is 0. The molecule has 0 atom stereocenters. The van der Waals surface area contributed by atoms with Crippen LogP contribution < -0.4 is 0 Å². The Morgan fingerprint density at radius 3 is 1.65 bits per heavy atom. The van der Waals surface area contributed by atoms with Gasteiger partial charge in [-0.2, -0.15) is 0 Å². The molecule has 0 aromatic heterocycles. The molecule has 0 saturated carbocycles. The van der Waals surface area contributed by atoms with Crippen molar-refractivity contribution in [3.63, 3.8) is 0 Å². The van der Waals surface area contributed by atoms with Crippen LogP contribution in [-0.4, -0.2) is 0 Å². The van der Waals surface area contributed by atoms with E-state index in [1.807, 2.05) is 27.7 Å². The summed E-state index contributed by atoms with van der Waals surface area (Å²) in [5.41, 5.74) is 5.87. The van der Waals surface area contributed by atoms with Gasteiger partial charge < -0.3 is 0 Å². The van der Waals surface area contributed by atoms with Crippen LogP contribution in [0.2, 0.25) is 0 Å². The highest BCUT2D eigenvalue weighted by atomic mass is 14.1. The molecule has 0 saturated heterocycles. The molecule has 0 heterocycles. The van der Waals surface area contributed by atoms with Crippen molar-refractivity contribution < 1.29 is 0 Å². The van der Waals surface area contributed by atoms with Gasteiger partial charge in [-0.3, -0.25) is 0 Å². The first-order valence-electron chi connectivity index (χ1n) is 7.16. The minimum Gasteiger partial charge on any atom is -0.0683 e. The van der Waals surface area contributed by atoms with Crippen molar-refractivity contribution in [2.75, 3.05) is 0 Å². The fourth-order valence-electron chi connectivity index (χ4n) is 1.74. The van der Waals surface area contributed by atoms with E-state index >= 15 is 0 Å². The Bertz CT molecular complexity index is 295. The van der Waals surface area contributed by atoms with Crippen LogP contribution in [0.15, 0.2) is 12.1 Å². The van der Waals surface area contributed by atoms with Crippen LogP contribution in [0.4, 0.5) is 0 Å². The van der Waals surface area contributed by atoms with Crippen LogP contribution >= 0.6 is 0 Å². The first-order valence-corrected chi connectivity index (χ1v) is 7.16. The van der Waals surface area contributed by atoms with Gasteiger partial charge in [-0.25, -0.2) is 0 Å². The third-order valence-electron chi connectivity index (χ3n) is 2.76. The molecule has 100 valence electrons. The molecule has 1 aromatic rings. The van der Waals surface area contributed by atoms with E-state index in [1.165, 1.54) is 22.3 Å². The van der Waals surface area contributed by atoms with E-state index in [9.17, 15) is 0 Å². The van der Waals surface area contributed by atoms with Crippen LogP contribution in [0.25, 0.3) is 0 Å². The summed E-state index contributed by atoms with van der Waals surface area (Å²) in [6, 6.07) is 4.68. The zero-order chi connectivity index (χ0) is 14.0. The Morgan fingerprint density at radius 2 is 1.29 bits per heavy atom. The fourth-order valence-corrected chi connectivity index (χ4v) is 1.74. The second-order valence-electron chi connectivity index (χ2n) is 4.14. The molecule has 0 N–H and O–H groups in total. The predicted molar refractivity (Wildman–Crippen MR) is 82.1 cm³/mol. The molecule has 0 radical (unpaired) electrons. The van der Waals surface area contributed by atoms with Crippen LogP contribution in [0.5, 0.6) is 0 Å². The van der Waals surface area contributed by atoms with Gasteiger partial charge in [0.1, 0.15) is 0 Å². The van der Waals surface area contributed by atoms with Gasteiger partial charge in [0.2, 0.25) is 0 Å². The lowest BCUT2D eigenvalue weighted by molar-refractivity contribution is 0.841. The standard InChI is InChI=1S/C13H20.2C2H6/c1-6-12-7-10(4)11(5)8-13(12)9(2)3;2*1-2/h7-9H,6H2,1-5H3;2*1-2H3. The first-order chi connectivity index (χ1) is 8.06. The van der Waals surface area contributed by atoms with Gasteiger partial charge in [-0.15, -0.1) is 0 Å². The highest BCUT2D eigenvalue weighted by Crippen LogP contribution is 2.23. The smallest absolute Gasteiger partial charge is 0.0216 e. The van der Waals surface area contributed by atoms with Crippen molar-refractivity contribution in [3.05, 3.63) is 34.4 Å². The van der Waals surface area contributed by atoms with Crippen molar-refractivity contribution in [2.45, 2.75) is 74.7 Å². The lowest BCUT2D eigenvalue weighted by Crippen LogP contribution is -1.97. The van der Waals surface area contributed by atoms with Crippen molar-refractivity contribution >= 4 is 0 Å². The second kappa shape index (κ2) is 10.4. The molecule has 0 aliphatic heterocycles. The molecule has 0 nitrogen and oxygen atoms in total. The van der Waals surface area contributed by atoms with Crippen LogP contribution in [0.3, 0.4) is 0 Å². The van der Waals surface area contributed by atoms with E-state index in [0.717, 1.165) is 6.42 Å². The summed E-state index contributed by atoms with van der Waals surface area (Å²) in [4.78, 5) is 0. The molecule has 0 spiro atoms. The Labute approximate surface area is 109 Å². The molecule has 0 heteroatoms. The van der Waals surface area contributed by atoms with Crippen molar-refractivity contribution in [1.82, 2.24) is 0 Å². The van der Waals surface area contributed by atoms with Gasteiger partial charge in [0.25, 0.3) is 0 Å². The van der Waals surface area contributed by atoms with Crippen LogP contribution in [-0.2, 0) is 6.42 Å². The molecular weight excluding hydrogens is 204 g/mol. The van der Waals surface area contributed by atoms with Gasteiger partial charge in [-0.1, -0.05) is 60.6 Å². The number of hydrogen-bond acceptors (Lipinski definition) is 0. The quantitative estimate of drug-likeness (QED) is 0.587. The summed E-state index contributed by atoms with van der Waals surface area (Å²) in [6.07, 6.45) is 1.15. The molecule has 1 rings (SSSR count). The van der Waals surface area contributed by atoms with Gasteiger partial charge in [0, 0.05) is 0 Å². The van der Waals surface area contributed by atoms with Crippen molar-refractivity contribution in [2.24, 2.45) is 0 Å². The van der Waals surface area contributed by atoms with Crippen LogP contribution in [0, 0.1) is 13.8 Å². The molecule has 1 aromatic carbocycles. The molecule has 0 aliphatic rings. The molecule has 0 aliphatic carbocycles. The number of hydrogen-bond donors (Lipinski definition) is 0. The molecule has 0 bridgehead atoms. The Morgan fingerprint density at radius 1 is 0.882 bits per heavy atom. The number of benzene rings is 1. The molecule has 0 unspecified atom stereocenters. The summed E-state index contributed by atoms with van der Waals surface area (Å²) in [5.74, 6) is 0.647. The maximum atomic E-state index is 2.35. The molecular formula is C17H32. The van der Waals surface area contributed by atoms with Gasteiger partial charge >= 0.3 is 0 Å². The number of rotatable bonds is 2. The Hall–Kier alpha value is -0.780. The van der Waals surface area contributed by atoms with E-state index in [1.54, 1.807) is 0 Å². The Kier molecular flexibility index (Phi) is 11.3. The van der Waals surface area contributed by atoms with E-state index in [0.29, 0.717) is 5.92 Å². The molecule has 0 amide bonds. The van der Waals surface area contributed by atoms with Gasteiger partial charge in [-0.05, 0) is 48.4 Å². The largest absolute Gasteiger partial charge is 0.0683 e. The van der Waals surface area contributed by atoms with Crippen molar-refractivity contribution in [3.8, 4) is 0 Å². The maximum Gasteiger partial charge on any atom is -0.0216 e.